The maximum atomic E-state index is 12.4. The Kier molecular flexibility index (Phi) is 11.3. The van der Waals surface area contributed by atoms with Gasteiger partial charge in [-0.2, -0.15) is 0 Å². The van der Waals surface area contributed by atoms with Crippen molar-refractivity contribution in [1.82, 2.24) is 0 Å². The minimum atomic E-state index is -2.27. The highest BCUT2D eigenvalue weighted by molar-refractivity contribution is 5.83. The van der Waals surface area contributed by atoms with E-state index >= 15 is 0 Å². The molecule has 3 atom stereocenters. The number of methoxy groups -OCH3 is 4. The molecule has 0 radical (unpaired) electrons. The van der Waals surface area contributed by atoms with Gasteiger partial charge < -0.3 is 50.6 Å². The predicted octanol–water partition coefficient (Wildman–Crippen LogP) is -0.253. The third-order valence-electron chi connectivity index (χ3n) is 5.57. The number of fused-ring (bicyclic) bond motifs is 3. The molecular formula is C24H31NO12. The predicted molar refractivity (Wildman–Crippen MR) is 131 cm³/mol. The Morgan fingerprint density at radius 2 is 1.43 bits per heavy atom. The molecule has 0 spiro atoms. The zero-order valence-electron chi connectivity index (χ0n) is 20.7. The van der Waals surface area contributed by atoms with Crippen molar-refractivity contribution in [3.05, 3.63) is 45.6 Å². The number of aliphatic hydroxyl groups excluding tert-OH is 2. The van der Waals surface area contributed by atoms with Crippen LogP contribution in [0.2, 0.25) is 0 Å². The number of rotatable bonds is 7. The van der Waals surface area contributed by atoms with Crippen LogP contribution in [0.1, 0.15) is 23.6 Å². The summed E-state index contributed by atoms with van der Waals surface area (Å²) in [4.78, 5) is 32.0. The molecule has 0 aromatic heterocycles. The van der Waals surface area contributed by atoms with Crippen molar-refractivity contribution >= 4 is 11.9 Å². The summed E-state index contributed by atoms with van der Waals surface area (Å²) in [6.07, 6.45) is -3.10. The van der Waals surface area contributed by atoms with E-state index in [1.807, 2.05) is 12.1 Å². The Labute approximate surface area is 211 Å². The molecule has 3 rings (SSSR count). The second-order valence-electron chi connectivity index (χ2n) is 7.67. The SMILES string of the molecule is COc1cc2c(c(OC)c1OC)-c1ccc(OC)c(=O)cc1[C@@H](N)CC2.O.O=C(O)[C@@H](O)[C@H](O)C(=O)O. The van der Waals surface area contributed by atoms with E-state index in [0.29, 0.717) is 23.7 Å². The Hall–Kier alpha value is -3.91. The summed E-state index contributed by atoms with van der Waals surface area (Å²) in [5.74, 6) is -1.59. The summed E-state index contributed by atoms with van der Waals surface area (Å²) >= 11 is 0. The third kappa shape index (κ3) is 6.65. The van der Waals surface area contributed by atoms with Gasteiger partial charge in [-0.15, -0.1) is 0 Å². The standard InChI is InChI=1S/C20H23NO5.C4H6O6.H2O/c1-23-16-8-6-12-13(10-15(16)22)14(21)7-5-11-9-17(24-2)19(25-3)20(26-4)18(11)12;5-1(3(7)8)2(6)4(9)10;/h6,8-10,14H,5,7,21H2,1-4H3;1-2,5-6H,(H,7,8)(H,9,10);1H2/t14-;1-,2-;/m00./s1. The largest absolute Gasteiger partial charge is 0.493 e. The van der Waals surface area contributed by atoms with Gasteiger partial charge in [-0.05, 0) is 47.7 Å². The van der Waals surface area contributed by atoms with E-state index in [2.05, 4.69) is 0 Å². The zero-order chi connectivity index (χ0) is 27.2. The summed E-state index contributed by atoms with van der Waals surface area (Å²) in [7, 11) is 6.23. The number of benzene rings is 1. The van der Waals surface area contributed by atoms with Crippen LogP contribution in [0.15, 0.2) is 29.1 Å². The zero-order valence-corrected chi connectivity index (χ0v) is 20.7. The number of carboxylic acid groups (broad SMARTS) is 2. The molecule has 2 aromatic carbocycles. The van der Waals surface area contributed by atoms with Crippen LogP contribution in [0.5, 0.6) is 23.0 Å². The van der Waals surface area contributed by atoms with Gasteiger partial charge in [0.2, 0.25) is 11.2 Å². The van der Waals surface area contributed by atoms with Gasteiger partial charge in [-0.25, -0.2) is 9.59 Å². The molecule has 13 heteroatoms. The molecule has 0 saturated carbocycles. The summed E-state index contributed by atoms with van der Waals surface area (Å²) in [5.41, 5.74) is 9.69. The molecule has 0 heterocycles. The van der Waals surface area contributed by atoms with Gasteiger partial charge in [0.15, 0.2) is 29.5 Å². The first-order chi connectivity index (χ1) is 17.0. The van der Waals surface area contributed by atoms with Crippen LogP contribution in [-0.4, -0.2) is 78.5 Å². The van der Waals surface area contributed by atoms with Gasteiger partial charge in [0, 0.05) is 11.6 Å². The van der Waals surface area contributed by atoms with Crippen LogP contribution in [0.25, 0.3) is 11.1 Å². The van der Waals surface area contributed by atoms with Gasteiger partial charge in [-0.1, -0.05) is 6.07 Å². The van der Waals surface area contributed by atoms with Gasteiger partial charge >= 0.3 is 11.9 Å². The van der Waals surface area contributed by atoms with Crippen LogP contribution in [-0.2, 0) is 16.0 Å². The summed E-state index contributed by atoms with van der Waals surface area (Å²) in [5, 5.41) is 32.5. The maximum absolute atomic E-state index is 12.4. The first kappa shape index (κ1) is 31.1. The molecule has 1 aliphatic rings. The minimum absolute atomic E-state index is 0. The first-order valence-corrected chi connectivity index (χ1v) is 10.6. The lowest BCUT2D eigenvalue weighted by Gasteiger charge is -2.19. The molecular weight excluding hydrogens is 494 g/mol. The molecule has 37 heavy (non-hydrogen) atoms. The highest BCUT2D eigenvalue weighted by Crippen LogP contribution is 2.49. The lowest BCUT2D eigenvalue weighted by Crippen LogP contribution is -2.39. The average Bonchev–Trinajstić information content (AvgIpc) is 3.10. The summed E-state index contributed by atoms with van der Waals surface area (Å²) in [6.45, 7) is 0. The maximum Gasteiger partial charge on any atom is 0.335 e. The number of carbonyl (C=O) groups is 2. The van der Waals surface area contributed by atoms with E-state index in [9.17, 15) is 14.4 Å². The van der Waals surface area contributed by atoms with Crippen LogP contribution >= 0.6 is 0 Å². The fourth-order valence-corrected chi connectivity index (χ4v) is 3.77. The molecule has 2 aromatic rings. The van der Waals surface area contributed by atoms with Crippen molar-refractivity contribution in [1.29, 1.82) is 0 Å². The number of carboxylic acids is 2. The van der Waals surface area contributed by atoms with Crippen molar-refractivity contribution in [2.75, 3.05) is 28.4 Å². The Morgan fingerprint density at radius 3 is 1.89 bits per heavy atom. The molecule has 0 bridgehead atoms. The van der Waals surface area contributed by atoms with Crippen LogP contribution in [0.3, 0.4) is 0 Å². The number of hydrogen-bond donors (Lipinski definition) is 5. The molecule has 0 aliphatic heterocycles. The molecule has 0 fully saturated rings. The van der Waals surface area contributed by atoms with E-state index in [0.717, 1.165) is 28.7 Å². The Bertz CT molecular complexity index is 1170. The van der Waals surface area contributed by atoms with Crippen LogP contribution < -0.4 is 30.1 Å². The van der Waals surface area contributed by atoms with Gasteiger partial charge in [-0.3, -0.25) is 4.79 Å². The second-order valence-corrected chi connectivity index (χ2v) is 7.67. The number of hydrogen-bond acceptors (Lipinski definition) is 10. The van der Waals surface area contributed by atoms with Crippen molar-refractivity contribution in [3.63, 3.8) is 0 Å². The molecule has 0 saturated heterocycles. The van der Waals surface area contributed by atoms with Gasteiger partial charge in [0.25, 0.3) is 0 Å². The molecule has 0 amide bonds. The normalized spacial score (nSPS) is 15.1. The monoisotopic (exact) mass is 525 g/mol. The number of aliphatic carboxylic acids is 2. The molecule has 204 valence electrons. The van der Waals surface area contributed by atoms with Crippen molar-refractivity contribution in [3.8, 4) is 34.1 Å². The number of ether oxygens (including phenoxy) is 4. The van der Waals surface area contributed by atoms with Gasteiger partial charge in [0.05, 0.1) is 28.4 Å². The average molecular weight is 526 g/mol. The quantitative estimate of drug-likeness (QED) is 0.315. The summed E-state index contributed by atoms with van der Waals surface area (Å²) in [6, 6.07) is 6.75. The topological polar surface area (TPSA) is 227 Å². The van der Waals surface area contributed by atoms with Crippen LogP contribution in [0.4, 0.5) is 0 Å². The van der Waals surface area contributed by atoms with Crippen molar-refractivity contribution in [2.24, 2.45) is 5.73 Å². The lowest BCUT2D eigenvalue weighted by atomic mass is 9.95. The van der Waals surface area contributed by atoms with Crippen molar-refractivity contribution in [2.45, 2.75) is 31.1 Å². The lowest BCUT2D eigenvalue weighted by molar-refractivity contribution is -0.165. The third-order valence-corrected chi connectivity index (χ3v) is 5.57. The second kappa shape index (κ2) is 13.4. The van der Waals surface area contributed by atoms with E-state index in [-0.39, 0.29) is 22.7 Å². The number of aryl methyl sites for hydroxylation is 1. The number of nitrogens with two attached hydrogens (primary N) is 1. The minimum Gasteiger partial charge on any atom is -0.493 e. The number of aliphatic hydroxyl groups is 2. The highest BCUT2D eigenvalue weighted by Gasteiger charge is 2.29. The fourth-order valence-electron chi connectivity index (χ4n) is 3.77. The van der Waals surface area contributed by atoms with E-state index < -0.39 is 24.1 Å². The van der Waals surface area contributed by atoms with Crippen molar-refractivity contribution < 1.29 is 54.4 Å². The van der Waals surface area contributed by atoms with E-state index in [1.165, 1.54) is 7.11 Å². The van der Waals surface area contributed by atoms with E-state index in [4.69, 9.17) is 45.1 Å². The molecule has 8 N–H and O–H groups in total. The highest BCUT2D eigenvalue weighted by atomic mass is 16.5. The Balaban J connectivity index is 0.000000533. The first-order valence-electron chi connectivity index (χ1n) is 10.6. The molecule has 0 unspecified atom stereocenters. The Morgan fingerprint density at radius 1 is 0.892 bits per heavy atom. The molecule has 13 nitrogen and oxygen atoms in total. The summed E-state index contributed by atoms with van der Waals surface area (Å²) < 4.78 is 21.9. The van der Waals surface area contributed by atoms with Gasteiger partial charge in [0.1, 0.15) is 0 Å². The van der Waals surface area contributed by atoms with Crippen LogP contribution in [0, 0.1) is 0 Å². The fraction of sp³-hybridized carbons (Fsp3) is 0.375. The van der Waals surface area contributed by atoms with E-state index in [1.54, 1.807) is 33.5 Å². The smallest absolute Gasteiger partial charge is 0.335 e. The molecule has 1 aliphatic carbocycles.